The summed E-state index contributed by atoms with van der Waals surface area (Å²) in [5.74, 6) is 1.75. The summed E-state index contributed by atoms with van der Waals surface area (Å²) in [5, 5.41) is 0. The Hall–Kier alpha value is -0.617. The summed E-state index contributed by atoms with van der Waals surface area (Å²) in [5.41, 5.74) is 14.8. The predicted octanol–water partition coefficient (Wildman–Crippen LogP) is 5.14. The second-order valence-corrected chi connectivity index (χ2v) is 16.1. The average Bonchev–Trinajstić information content (AvgIpc) is 3.46. The third kappa shape index (κ3) is 6.05. The minimum absolute atomic E-state index is 0. The second kappa shape index (κ2) is 12.1. The summed E-state index contributed by atoms with van der Waals surface area (Å²) >= 11 is 0. The fourth-order valence-corrected chi connectivity index (χ4v) is 7.76. The van der Waals surface area contributed by atoms with Gasteiger partial charge in [-0.05, 0) is 86.3 Å². The first-order valence-electron chi connectivity index (χ1n) is 15.2. The van der Waals surface area contributed by atoms with Crippen LogP contribution in [0, 0.1) is 22.7 Å². The number of allylic oxidation sites excluding steroid dienone is 4. The van der Waals surface area contributed by atoms with Crippen molar-refractivity contribution in [1.82, 2.24) is 0 Å². The molecule has 0 amide bonds. The maximum atomic E-state index is 2.68. The van der Waals surface area contributed by atoms with Gasteiger partial charge in [0.05, 0.1) is 0 Å². The van der Waals surface area contributed by atoms with Gasteiger partial charge in [0.15, 0.2) is 0 Å². The first-order chi connectivity index (χ1) is 17.5. The van der Waals surface area contributed by atoms with Crippen molar-refractivity contribution in [1.29, 1.82) is 0 Å². The molecule has 2 aromatic carbocycles. The molecule has 2 aromatic rings. The van der Waals surface area contributed by atoms with E-state index in [2.05, 4.69) is 126 Å². The van der Waals surface area contributed by atoms with Crippen LogP contribution >= 0.6 is 0 Å². The zero-order valence-corrected chi connectivity index (χ0v) is 31.6. The molecular formula is C38H52Cl2Zr. The summed E-state index contributed by atoms with van der Waals surface area (Å²) in [4.78, 5) is 0. The zero-order chi connectivity index (χ0) is 28.0. The molecule has 41 heavy (non-hydrogen) atoms. The molecule has 0 bridgehead atoms. The second-order valence-electron chi connectivity index (χ2n) is 16.1. The fraction of sp³-hybridized carbons (Fsp3) is 0.579. The summed E-state index contributed by atoms with van der Waals surface area (Å²) in [6.07, 6.45) is 6.33. The van der Waals surface area contributed by atoms with Gasteiger partial charge in [-0.25, -0.2) is 0 Å². The number of fused-ring (bicyclic) bond motifs is 3. The Morgan fingerprint density at radius 2 is 1.22 bits per heavy atom. The zero-order valence-electron chi connectivity index (χ0n) is 27.7. The van der Waals surface area contributed by atoms with E-state index in [-0.39, 0.29) is 72.7 Å². The van der Waals surface area contributed by atoms with E-state index in [1.807, 2.05) is 0 Å². The summed E-state index contributed by atoms with van der Waals surface area (Å²) in [6, 6.07) is 14.9. The van der Waals surface area contributed by atoms with E-state index >= 15 is 0 Å². The molecule has 0 saturated heterocycles. The van der Waals surface area contributed by atoms with Crippen molar-refractivity contribution in [2.24, 2.45) is 22.7 Å². The van der Waals surface area contributed by atoms with Crippen molar-refractivity contribution in [2.45, 2.75) is 119 Å². The van der Waals surface area contributed by atoms with E-state index in [9.17, 15) is 0 Å². The van der Waals surface area contributed by atoms with E-state index in [0.717, 1.165) is 0 Å². The molecule has 2 atom stereocenters. The number of benzene rings is 2. The third-order valence-corrected chi connectivity index (χ3v) is 10.3. The van der Waals surface area contributed by atoms with Crippen molar-refractivity contribution >= 4 is 0 Å². The van der Waals surface area contributed by atoms with Crippen LogP contribution in [0.2, 0.25) is 0 Å². The Morgan fingerprint density at radius 1 is 0.756 bits per heavy atom. The van der Waals surface area contributed by atoms with E-state index in [4.69, 9.17) is 0 Å². The Kier molecular flexibility index (Phi) is 10.8. The van der Waals surface area contributed by atoms with Crippen molar-refractivity contribution in [3.05, 3.63) is 81.4 Å². The van der Waals surface area contributed by atoms with Gasteiger partial charge in [0, 0.05) is 11.3 Å². The van der Waals surface area contributed by atoms with Crippen LogP contribution in [0.4, 0.5) is 0 Å². The van der Waals surface area contributed by atoms with E-state index in [1.165, 1.54) is 41.5 Å². The summed E-state index contributed by atoms with van der Waals surface area (Å²) in [7, 11) is 0. The smallest absolute Gasteiger partial charge is 1.00 e. The third-order valence-electron chi connectivity index (χ3n) is 10.3. The molecule has 0 aliphatic heterocycles. The Labute approximate surface area is 283 Å². The monoisotopic (exact) mass is 668 g/mol. The molecule has 3 heteroatoms. The average molecular weight is 671 g/mol. The van der Waals surface area contributed by atoms with Crippen molar-refractivity contribution < 1.29 is 51.0 Å². The first-order valence-corrected chi connectivity index (χ1v) is 15.2. The van der Waals surface area contributed by atoms with Crippen LogP contribution in [0.1, 0.15) is 131 Å². The van der Waals surface area contributed by atoms with Crippen LogP contribution in [0.15, 0.2) is 59.2 Å². The van der Waals surface area contributed by atoms with Crippen LogP contribution < -0.4 is 24.8 Å². The van der Waals surface area contributed by atoms with Crippen LogP contribution in [0.25, 0.3) is 11.1 Å². The number of hydrogen-bond acceptors (Lipinski definition) is 0. The summed E-state index contributed by atoms with van der Waals surface area (Å²) < 4.78 is 0. The molecule has 0 spiro atoms. The van der Waals surface area contributed by atoms with Crippen molar-refractivity contribution in [2.75, 3.05) is 0 Å². The van der Waals surface area contributed by atoms with Gasteiger partial charge in [-0.2, -0.15) is 0 Å². The van der Waals surface area contributed by atoms with Crippen LogP contribution in [0.3, 0.4) is 0 Å². The molecule has 0 saturated carbocycles. The molecule has 0 nitrogen and oxygen atoms in total. The maximum Gasteiger partial charge on any atom is 2.00 e. The Bertz CT molecular complexity index is 1280. The van der Waals surface area contributed by atoms with E-state index in [0.29, 0.717) is 17.8 Å². The van der Waals surface area contributed by atoms with Crippen LogP contribution in [-0.2, 0) is 37.0 Å². The Balaban J connectivity index is 0.00000196. The molecule has 3 aliphatic carbocycles. The van der Waals surface area contributed by atoms with Gasteiger partial charge in [-0.15, -0.1) is 0 Å². The molecule has 0 heterocycles. The van der Waals surface area contributed by atoms with Gasteiger partial charge in [0.1, 0.15) is 0 Å². The number of halogens is 2. The SMILES string of the molecule is CCC1(C2c3cc(C(C)(C)C)ccc3-c3ccc(C(C)(C)C)cc32)CC(C(C)C)C2=C1C=C(C(C)(C)C)C2.[Cl-].[Cl-].[Zr+2]. The standard InChI is InChI=1S/C38H52.2ClH.Zr/c1-13-38(22-32(23(2)3)29-20-26(21-33(29)38)37(10,11)12)34-30-18-24(35(4,5)6)14-16-27(30)28-17-15-25(19-31(28)34)36(7,8)9;;;/h14-19,21,23,32,34H,13,20,22H2,1-12H3;2*1H;/q;;;+2/p-2. The predicted molar refractivity (Wildman–Crippen MR) is 166 cm³/mol. The number of hydrogen-bond donors (Lipinski definition) is 0. The molecule has 2 unspecified atom stereocenters. The summed E-state index contributed by atoms with van der Waals surface area (Å²) in [6.45, 7) is 28.8. The Morgan fingerprint density at radius 3 is 1.59 bits per heavy atom. The van der Waals surface area contributed by atoms with Gasteiger partial charge in [-0.3, -0.25) is 0 Å². The first kappa shape index (κ1) is 36.6. The van der Waals surface area contributed by atoms with E-state index in [1.54, 1.807) is 27.8 Å². The van der Waals surface area contributed by atoms with Gasteiger partial charge in [0.2, 0.25) is 0 Å². The van der Waals surface area contributed by atoms with Gasteiger partial charge in [-0.1, -0.05) is 137 Å². The minimum Gasteiger partial charge on any atom is -1.00 e. The molecular weight excluding hydrogens is 619 g/mol. The van der Waals surface area contributed by atoms with Gasteiger partial charge >= 0.3 is 26.2 Å². The topological polar surface area (TPSA) is 0 Å². The molecule has 5 rings (SSSR count). The largest absolute Gasteiger partial charge is 2.00 e. The van der Waals surface area contributed by atoms with E-state index < -0.39 is 0 Å². The maximum absolute atomic E-state index is 2.68. The quantitative estimate of drug-likeness (QED) is 0.425. The van der Waals surface area contributed by atoms with Crippen LogP contribution in [-0.4, -0.2) is 0 Å². The van der Waals surface area contributed by atoms with Gasteiger partial charge < -0.3 is 24.8 Å². The van der Waals surface area contributed by atoms with Crippen molar-refractivity contribution in [3.63, 3.8) is 0 Å². The minimum atomic E-state index is 0. The van der Waals surface area contributed by atoms with Gasteiger partial charge in [0.25, 0.3) is 0 Å². The fourth-order valence-electron chi connectivity index (χ4n) is 7.76. The molecule has 0 N–H and O–H groups in total. The molecule has 0 radical (unpaired) electrons. The molecule has 222 valence electrons. The normalized spacial score (nSPS) is 22.0. The molecule has 3 aliphatic rings. The molecule has 0 aromatic heterocycles. The van der Waals surface area contributed by atoms with Crippen LogP contribution in [0.5, 0.6) is 0 Å². The number of rotatable bonds is 3. The molecule has 0 fully saturated rings. The van der Waals surface area contributed by atoms with Crippen molar-refractivity contribution in [3.8, 4) is 11.1 Å².